The summed E-state index contributed by atoms with van der Waals surface area (Å²) < 4.78 is 0. The summed E-state index contributed by atoms with van der Waals surface area (Å²) >= 11 is 5.64. The lowest BCUT2D eigenvalue weighted by Gasteiger charge is -2.14. The number of hydrogen-bond donors (Lipinski definition) is 1. The Morgan fingerprint density at radius 1 is 1.42 bits per heavy atom. The smallest absolute Gasteiger partial charge is 0.237 e. The Balaban J connectivity index is 1.77. The summed E-state index contributed by atoms with van der Waals surface area (Å²) in [5.74, 6) is 1.82. The summed E-state index contributed by atoms with van der Waals surface area (Å²) in [5.41, 5.74) is 0. The zero-order chi connectivity index (χ0) is 8.72. The van der Waals surface area contributed by atoms with Gasteiger partial charge in [-0.1, -0.05) is 0 Å². The van der Waals surface area contributed by atoms with Crippen LogP contribution in [-0.4, -0.2) is 17.3 Å². The first-order valence-electron chi connectivity index (χ1n) is 4.61. The molecule has 2 fully saturated rings. The van der Waals surface area contributed by atoms with E-state index in [1.807, 2.05) is 0 Å². The standard InChI is InChI=1S/C9H14ClNO/c1-5(10)9(12)11-8-3-6-2-7(6)4-8/h5-8H,2-4H2,1H3,(H,11,12). The molecule has 3 heteroatoms. The number of carbonyl (C=O) groups is 1. The molecule has 1 N–H and O–H groups in total. The number of halogens is 1. The fraction of sp³-hybridized carbons (Fsp3) is 0.889. The minimum Gasteiger partial charge on any atom is -0.352 e. The summed E-state index contributed by atoms with van der Waals surface area (Å²) in [6.45, 7) is 1.71. The van der Waals surface area contributed by atoms with Gasteiger partial charge in [0.2, 0.25) is 5.91 Å². The molecule has 12 heavy (non-hydrogen) atoms. The van der Waals surface area contributed by atoms with Gasteiger partial charge in [0.1, 0.15) is 5.38 Å². The van der Waals surface area contributed by atoms with E-state index in [1.165, 1.54) is 19.3 Å². The third-order valence-electron chi connectivity index (χ3n) is 2.95. The number of amides is 1. The van der Waals surface area contributed by atoms with Gasteiger partial charge in [-0.15, -0.1) is 11.6 Å². The van der Waals surface area contributed by atoms with Crippen molar-refractivity contribution in [1.29, 1.82) is 0 Å². The molecule has 2 aliphatic carbocycles. The van der Waals surface area contributed by atoms with E-state index in [2.05, 4.69) is 5.32 Å². The second-order valence-corrected chi connectivity index (χ2v) is 4.70. The van der Waals surface area contributed by atoms with E-state index in [-0.39, 0.29) is 11.3 Å². The van der Waals surface area contributed by atoms with E-state index in [9.17, 15) is 4.79 Å². The van der Waals surface area contributed by atoms with Crippen LogP contribution in [0.25, 0.3) is 0 Å². The number of nitrogens with one attached hydrogen (secondary N) is 1. The third kappa shape index (κ3) is 1.58. The zero-order valence-electron chi connectivity index (χ0n) is 7.22. The second kappa shape index (κ2) is 2.91. The first-order chi connectivity index (χ1) is 5.66. The minimum absolute atomic E-state index is 0.0111. The number of alkyl halides is 1. The molecule has 3 unspecified atom stereocenters. The van der Waals surface area contributed by atoms with Crippen LogP contribution in [0.1, 0.15) is 26.2 Å². The molecule has 0 saturated heterocycles. The van der Waals surface area contributed by atoms with Crippen molar-refractivity contribution in [3.63, 3.8) is 0 Å². The Kier molecular flexibility index (Phi) is 2.03. The van der Waals surface area contributed by atoms with Crippen molar-refractivity contribution in [3.05, 3.63) is 0 Å². The lowest BCUT2D eigenvalue weighted by molar-refractivity contribution is -0.121. The topological polar surface area (TPSA) is 29.1 Å². The van der Waals surface area contributed by atoms with E-state index in [0.29, 0.717) is 6.04 Å². The van der Waals surface area contributed by atoms with Crippen LogP contribution in [0.15, 0.2) is 0 Å². The molecule has 1 amide bonds. The molecule has 0 heterocycles. The molecule has 0 radical (unpaired) electrons. The highest BCUT2D eigenvalue weighted by Gasteiger charge is 2.46. The quantitative estimate of drug-likeness (QED) is 0.653. The highest BCUT2D eigenvalue weighted by Crippen LogP contribution is 2.51. The molecule has 0 spiro atoms. The molecule has 0 aromatic heterocycles. The number of carbonyl (C=O) groups excluding carboxylic acids is 1. The maximum absolute atomic E-state index is 11.2. The van der Waals surface area contributed by atoms with E-state index in [1.54, 1.807) is 6.92 Å². The van der Waals surface area contributed by atoms with Gasteiger partial charge in [-0.25, -0.2) is 0 Å². The molecule has 0 aromatic rings. The van der Waals surface area contributed by atoms with Gasteiger partial charge < -0.3 is 5.32 Å². The lowest BCUT2D eigenvalue weighted by Crippen LogP contribution is -2.37. The van der Waals surface area contributed by atoms with E-state index in [0.717, 1.165) is 11.8 Å². The maximum atomic E-state index is 11.2. The molecule has 68 valence electrons. The summed E-state index contributed by atoms with van der Waals surface area (Å²) in [7, 11) is 0. The first-order valence-corrected chi connectivity index (χ1v) is 5.05. The predicted molar refractivity (Wildman–Crippen MR) is 48.1 cm³/mol. The van der Waals surface area contributed by atoms with Gasteiger partial charge in [0.15, 0.2) is 0 Å². The van der Waals surface area contributed by atoms with Crippen LogP contribution < -0.4 is 5.32 Å². The Morgan fingerprint density at radius 3 is 2.50 bits per heavy atom. The zero-order valence-corrected chi connectivity index (χ0v) is 7.97. The highest BCUT2D eigenvalue weighted by atomic mass is 35.5. The van der Waals surface area contributed by atoms with Crippen LogP contribution in [0.5, 0.6) is 0 Å². The molecule has 0 aliphatic heterocycles. The number of hydrogen-bond acceptors (Lipinski definition) is 1. The monoisotopic (exact) mass is 187 g/mol. The average Bonchev–Trinajstić information content (AvgIpc) is 2.59. The van der Waals surface area contributed by atoms with Crippen molar-refractivity contribution in [2.24, 2.45) is 11.8 Å². The fourth-order valence-corrected chi connectivity index (χ4v) is 2.21. The summed E-state index contributed by atoms with van der Waals surface area (Å²) in [6, 6.07) is 0.419. The van der Waals surface area contributed by atoms with Crippen LogP contribution >= 0.6 is 11.6 Å². The van der Waals surface area contributed by atoms with Crippen LogP contribution in [-0.2, 0) is 4.79 Å². The molecule has 0 aromatic carbocycles. The lowest BCUT2D eigenvalue weighted by atomic mass is 10.1. The Morgan fingerprint density at radius 2 is 2.00 bits per heavy atom. The minimum atomic E-state index is -0.387. The maximum Gasteiger partial charge on any atom is 0.237 e. The van der Waals surface area contributed by atoms with Crippen molar-refractivity contribution in [1.82, 2.24) is 5.32 Å². The molecular formula is C9H14ClNO. The normalized spacial score (nSPS) is 40.3. The Hall–Kier alpha value is -0.240. The Labute approximate surface area is 77.7 Å². The number of fused-ring (bicyclic) bond motifs is 1. The van der Waals surface area contributed by atoms with Crippen molar-refractivity contribution < 1.29 is 4.79 Å². The SMILES string of the molecule is CC(Cl)C(=O)NC1CC2CC2C1. The largest absolute Gasteiger partial charge is 0.352 e. The molecule has 3 atom stereocenters. The van der Waals surface area contributed by atoms with Gasteiger partial charge in [0.05, 0.1) is 0 Å². The van der Waals surface area contributed by atoms with Gasteiger partial charge in [-0.2, -0.15) is 0 Å². The van der Waals surface area contributed by atoms with Gasteiger partial charge in [0.25, 0.3) is 0 Å². The molecule has 2 aliphatic rings. The van der Waals surface area contributed by atoms with Crippen molar-refractivity contribution in [2.45, 2.75) is 37.6 Å². The Bertz CT molecular complexity index is 195. The molecule has 2 rings (SSSR count). The van der Waals surface area contributed by atoms with E-state index in [4.69, 9.17) is 11.6 Å². The predicted octanol–water partition coefficient (Wildman–Crippen LogP) is 1.53. The molecular weight excluding hydrogens is 174 g/mol. The fourth-order valence-electron chi connectivity index (χ4n) is 2.15. The van der Waals surface area contributed by atoms with Gasteiger partial charge in [-0.3, -0.25) is 4.79 Å². The molecule has 2 saturated carbocycles. The second-order valence-electron chi connectivity index (χ2n) is 4.05. The highest BCUT2D eigenvalue weighted by molar-refractivity contribution is 6.30. The van der Waals surface area contributed by atoms with Crippen LogP contribution in [0.2, 0.25) is 0 Å². The van der Waals surface area contributed by atoms with Gasteiger partial charge in [0, 0.05) is 6.04 Å². The molecule has 0 bridgehead atoms. The van der Waals surface area contributed by atoms with Gasteiger partial charge >= 0.3 is 0 Å². The van der Waals surface area contributed by atoms with Crippen LogP contribution in [0.3, 0.4) is 0 Å². The van der Waals surface area contributed by atoms with Gasteiger partial charge in [-0.05, 0) is 38.0 Å². The van der Waals surface area contributed by atoms with E-state index < -0.39 is 0 Å². The summed E-state index contributed by atoms with van der Waals surface area (Å²) in [5, 5.41) is 2.58. The van der Waals surface area contributed by atoms with Crippen LogP contribution in [0.4, 0.5) is 0 Å². The van der Waals surface area contributed by atoms with E-state index >= 15 is 0 Å². The van der Waals surface area contributed by atoms with Crippen LogP contribution in [0, 0.1) is 11.8 Å². The average molecular weight is 188 g/mol. The van der Waals surface area contributed by atoms with Crippen molar-refractivity contribution in [3.8, 4) is 0 Å². The first kappa shape index (κ1) is 8.36. The molecule has 2 nitrogen and oxygen atoms in total. The third-order valence-corrected chi connectivity index (χ3v) is 3.15. The summed E-state index contributed by atoms with van der Waals surface area (Å²) in [6.07, 6.45) is 3.75. The van der Waals surface area contributed by atoms with Crippen molar-refractivity contribution >= 4 is 17.5 Å². The number of rotatable bonds is 2. The summed E-state index contributed by atoms with van der Waals surface area (Å²) in [4.78, 5) is 11.2. The van der Waals surface area contributed by atoms with Crippen molar-refractivity contribution in [2.75, 3.05) is 0 Å².